The van der Waals surface area contributed by atoms with E-state index in [2.05, 4.69) is 16.5 Å². The number of benzene rings is 1. The van der Waals surface area contributed by atoms with Crippen LogP contribution >= 0.6 is 0 Å². The molecule has 0 spiro atoms. The zero-order valence-electron chi connectivity index (χ0n) is 12.7. The van der Waals surface area contributed by atoms with Gasteiger partial charge in [-0.15, -0.1) is 0 Å². The molecular formula is C15H24N2O3S. The summed E-state index contributed by atoms with van der Waals surface area (Å²) < 4.78 is 27.6. The minimum atomic E-state index is -3.51. The molecule has 118 valence electrons. The normalized spacial score (nSPS) is 20.0. The van der Waals surface area contributed by atoms with Gasteiger partial charge in [0.15, 0.2) is 0 Å². The highest BCUT2D eigenvalue weighted by molar-refractivity contribution is 7.89. The Hall–Kier alpha value is -0.950. The molecule has 0 radical (unpaired) electrons. The van der Waals surface area contributed by atoms with E-state index >= 15 is 0 Å². The zero-order chi connectivity index (χ0) is 15.5. The molecule has 1 heterocycles. The molecule has 0 aromatic heterocycles. The van der Waals surface area contributed by atoms with E-state index in [-0.39, 0.29) is 11.5 Å². The van der Waals surface area contributed by atoms with Crippen LogP contribution in [-0.2, 0) is 16.6 Å². The summed E-state index contributed by atoms with van der Waals surface area (Å²) in [6.07, 6.45) is 1.03. The van der Waals surface area contributed by atoms with Crippen molar-refractivity contribution in [1.29, 1.82) is 0 Å². The van der Waals surface area contributed by atoms with Gasteiger partial charge < -0.3 is 10.0 Å². The summed E-state index contributed by atoms with van der Waals surface area (Å²) in [5.41, 5.74) is 1.27. The van der Waals surface area contributed by atoms with Gasteiger partial charge in [-0.05, 0) is 49.5 Å². The largest absolute Gasteiger partial charge is 0.392 e. The summed E-state index contributed by atoms with van der Waals surface area (Å²) >= 11 is 0. The average molecular weight is 312 g/mol. The van der Waals surface area contributed by atoms with Gasteiger partial charge >= 0.3 is 0 Å². The van der Waals surface area contributed by atoms with Crippen LogP contribution < -0.4 is 4.72 Å². The molecule has 6 heteroatoms. The fourth-order valence-corrected chi connectivity index (χ4v) is 4.20. The van der Waals surface area contributed by atoms with Crippen molar-refractivity contribution in [2.75, 3.05) is 26.2 Å². The van der Waals surface area contributed by atoms with E-state index in [1.807, 2.05) is 0 Å². The van der Waals surface area contributed by atoms with Gasteiger partial charge in [0.25, 0.3) is 0 Å². The lowest BCUT2D eigenvalue weighted by Gasteiger charge is -2.15. The number of sulfonamides is 1. The first-order chi connectivity index (χ1) is 9.97. The van der Waals surface area contributed by atoms with Crippen LogP contribution in [0.4, 0.5) is 0 Å². The predicted molar refractivity (Wildman–Crippen MR) is 82.5 cm³/mol. The molecule has 21 heavy (non-hydrogen) atoms. The highest BCUT2D eigenvalue weighted by atomic mass is 32.2. The second-order valence-electron chi connectivity index (χ2n) is 5.60. The molecule has 1 saturated heterocycles. The Labute approximate surface area is 127 Å². The summed E-state index contributed by atoms with van der Waals surface area (Å²) in [5.74, 6) is 0.376. The monoisotopic (exact) mass is 312 g/mol. The number of aliphatic hydroxyl groups is 1. The maximum atomic E-state index is 12.4. The lowest BCUT2D eigenvalue weighted by atomic mass is 10.1. The van der Waals surface area contributed by atoms with Crippen molar-refractivity contribution in [3.63, 3.8) is 0 Å². The second-order valence-corrected chi connectivity index (χ2v) is 7.33. The lowest BCUT2D eigenvalue weighted by molar-refractivity contribution is 0.280. The quantitative estimate of drug-likeness (QED) is 0.825. The fourth-order valence-electron chi connectivity index (χ4n) is 2.79. The van der Waals surface area contributed by atoms with Crippen LogP contribution in [0.3, 0.4) is 0 Å². The molecular weight excluding hydrogens is 288 g/mol. The third kappa shape index (κ3) is 3.83. The highest BCUT2D eigenvalue weighted by Gasteiger charge is 2.24. The smallest absolute Gasteiger partial charge is 0.240 e. The Kier molecular flexibility index (Phi) is 5.37. The molecule has 5 nitrogen and oxygen atoms in total. The third-order valence-corrected chi connectivity index (χ3v) is 5.80. The first-order valence-corrected chi connectivity index (χ1v) is 8.87. The molecule has 0 amide bonds. The van der Waals surface area contributed by atoms with Gasteiger partial charge in [-0.2, -0.15) is 0 Å². The van der Waals surface area contributed by atoms with Gasteiger partial charge in [0.05, 0.1) is 11.5 Å². The topological polar surface area (TPSA) is 69.6 Å². The molecule has 1 aliphatic heterocycles. The van der Waals surface area contributed by atoms with E-state index in [9.17, 15) is 13.5 Å². The van der Waals surface area contributed by atoms with Crippen molar-refractivity contribution < 1.29 is 13.5 Å². The molecule has 1 aromatic carbocycles. The molecule has 0 saturated carbocycles. The van der Waals surface area contributed by atoms with Gasteiger partial charge in [-0.1, -0.05) is 19.1 Å². The summed E-state index contributed by atoms with van der Waals surface area (Å²) in [7, 11) is -3.51. The first kappa shape index (κ1) is 16.4. The Morgan fingerprint density at radius 2 is 2.19 bits per heavy atom. The van der Waals surface area contributed by atoms with Gasteiger partial charge in [0, 0.05) is 13.1 Å². The van der Waals surface area contributed by atoms with Crippen molar-refractivity contribution in [2.24, 2.45) is 5.92 Å². The minimum Gasteiger partial charge on any atom is -0.392 e. The number of nitrogens with one attached hydrogen (secondary N) is 1. The van der Waals surface area contributed by atoms with Crippen LogP contribution in [0.5, 0.6) is 0 Å². The number of hydrogen-bond donors (Lipinski definition) is 2. The van der Waals surface area contributed by atoms with Crippen molar-refractivity contribution in [3.05, 3.63) is 29.3 Å². The van der Waals surface area contributed by atoms with Gasteiger partial charge in [0.2, 0.25) is 10.0 Å². The van der Waals surface area contributed by atoms with E-state index in [1.54, 1.807) is 25.1 Å². The third-order valence-electron chi connectivity index (χ3n) is 4.24. The van der Waals surface area contributed by atoms with Crippen molar-refractivity contribution in [2.45, 2.75) is 31.8 Å². The maximum absolute atomic E-state index is 12.4. The second kappa shape index (κ2) is 6.87. The first-order valence-electron chi connectivity index (χ1n) is 7.39. The molecule has 1 fully saturated rings. The van der Waals surface area contributed by atoms with Gasteiger partial charge in [0.1, 0.15) is 0 Å². The van der Waals surface area contributed by atoms with Crippen LogP contribution in [0.1, 0.15) is 24.5 Å². The Morgan fingerprint density at radius 1 is 1.43 bits per heavy atom. The number of hydrogen-bond acceptors (Lipinski definition) is 4. The van der Waals surface area contributed by atoms with Crippen LogP contribution in [0.25, 0.3) is 0 Å². The van der Waals surface area contributed by atoms with Crippen molar-refractivity contribution >= 4 is 10.0 Å². The zero-order valence-corrected chi connectivity index (χ0v) is 13.5. The van der Waals surface area contributed by atoms with Gasteiger partial charge in [-0.3, -0.25) is 0 Å². The minimum absolute atomic E-state index is 0.150. The maximum Gasteiger partial charge on any atom is 0.240 e. The number of aliphatic hydroxyl groups excluding tert-OH is 1. The number of rotatable bonds is 6. The number of likely N-dealkylation sites (tertiary alicyclic amines) is 1. The lowest BCUT2D eigenvalue weighted by Crippen LogP contribution is -2.31. The molecule has 0 bridgehead atoms. The molecule has 2 N–H and O–H groups in total. The SMILES string of the molecule is CCN1CCC(CNS(=O)(=O)c2cccc(CO)c2C)C1. The van der Waals surface area contributed by atoms with E-state index in [0.29, 0.717) is 23.6 Å². The predicted octanol–water partition coefficient (Wildman–Crippen LogP) is 1.11. The summed E-state index contributed by atoms with van der Waals surface area (Å²) in [4.78, 5) is 2.59. The van der Waals surface area contributed by atoms with E-state index in [4.69, 9.17) is 0 Å². The standard InChI is InChI=1S/C15H24N2O3S/c1-3-17-8-7-13(10-17)9-16-21(19,20)15-6-4-5-14(11-18)12(15)2/h4-6,13,16,18H,3,7-11H2,1-2H3. The Balaban J connectivity index is 2.06. The Bertz CT molecular complexity index is 587. The summed E-state index contributed by atoms with van der Waals surface area (Å²) in [5, 5.41) is 9.25. The van der Waals surface area contributed by atoms with Crippen LogP contribution in [0, 0.1) is 12.8 Å². The molecule has 2 rings (SSSR count). The van der Waals surface area contributed by atoms with E-state index in [1.165, 1.54) is 0 Å². The van der Waals surface area contributed by atoms with Gasteiger partial charge in [-0.25, -0.2) is 13.1 Å². The molecule has 0 aliphatic carbocycles. The number of nitrogens with zero attached hydrogens (tertiary/aromatic N) is 1. The summed E-state index contributed by atoms with van der Waals surface area (Å²) in [6.45, 7) is 7.19. The average Bonchev–Trinajstić information content (AvgIpc) is 2.93. The summed E-state index contributed by atoms with van der Waals surface area (Å²) in [6, 6.07) is 5.00. The highest BCUT2D eigenvalue weighted by Crippen LogP contribution is 2.20. The molecule has 1 atom stereocenters. The van der Waals surface area contributed by atoms with Crippen LogP contribution in [0.15, 0.2) is 23.1 Å². The fraction of sp³-hybridized carbons (Fsp3) is 0.600. The molecule has 1 aliphatic rings. The molecule has 1 aromatic rings. The van der Waals surface area contributed by atoms with Crippen LogP contribution in [-0.4, -0.2) is 44.6 Å². The van der Waals surface area contributed by atoms with Crippen LogP contribution in [0.2, 0.25) is 0 Å². The van der Waals surface area contributed by atoms with E-state index in [0.717, 1.165) is 26.1 Å². The van der Waals surface area contributed by atoms with E-state index < -0.39 is 10.0 Å². The Morgan fingerprint density at radius 3 is 2.81 bits per heavy atom. The molecule has 1 unspecified atom stereocenters. The van der Waals surface area contributed by atoms with Crippen molar-refractivity contribution in [1.82, 2.24) is 9.62 Å². The van der Waals surface area contributed by atoms with Crippen molar-refractivity contribution in [3.8, 4) is 0 Å².